The van der Waals surface area contributed by atoms with E-state index in [2.05, 4.69) is 34.4 Å². The largest absolute Gasteiger partial charge is 0.356 e. The molecule has 1 saturated heterocycles. The molecule has 1 amide bonds. The predicted molar refractivity (Wildman–Crippen MR) is 135 cm³/mol. The summed E-state index contributed by atoms with van der Waals surface area (Å²) in [6.45, 7) is 10.1. The van der Waals surface area contributed by atoms with Gasteiger partial charge in [0.15, 0.2) is 5.96 Å². The maximum absolute atomic E-state index is 13.6. The average Bonchev–Trinajstić information content (AvgIpc) is 2.69. The van der Waals surface area contributed by atoms with Gasteiger partial charge in [0.05, 0.1) is 0 Å². The van der Waals surface area contributed by atoms with Crippen LogP contribution in [0.25, 0.3) is 0 Å². The van der Waals surface area contributed by atoms with E-state index in [1.807, 2.05) is 11.0 Å². The quantitative estimate of drug-likeness (QED) is 0.315. The number of nitrogens with zero attached hydrogens (tertiary/aromatic N) is 3. The van der Waals surface area contributed by atoms with Crippen LogP contribution in [0.4, 0.5) is 4.39 Å². The van der Waals surface area contributed by atoms with Gasteiger partial charge in [0.1, 0.15) is 5.82 Å². The van der Waals surface area contributed by atoms with Gasteiger partial charge in [0.25, 0.3) is 0 Å². The molecule has 31 heavy (non-hydrogen) atoms. The van der Waals surface area contributed by atoms with E-state index >= 15 is 0 Å². The molecular formula is C23H37FIN5O. The molecule has 6 nitrogen and oxygen atoms in total. The Morgan fingerprint density at radius 1 is 1.19 bits per heavy atom. The number of hydrogen-bond acceptors (Lipinski definition) is 3. The number of benzene rings is 1. The molecule has 2 aliphatic rings. The summed E-state index contributed by atoms with van der Waals surface area (Å²) in [6, 6.07) is 6.76. The topological polar surface area (TPSA) is 60.0 Å². The van der Waals surface area contributed by atoms with Crippen LogP contribution in [0.3, 0.4) is 0 Å². The van der Waals surface area contributed by atoms with Crippen molar-refractivity contribution in [2.45, 2.75) is 38.5 Å². The lowest BCUT2D eigenvalue weighted by Gasteiger charge is -2.38. The van der Waals surface area contributed by atoms with Gasteiger partial charge in [-0.05, 0) is 30.5 Å². The molecular weight excluding hydrogens is 508 g/mol. The second-order valence-electron chi connectivity index (χ2n) is 9.04. The number of nitrogens with one attached hydrogen (secondary N) is 2. The highest BCUT2D eigenvalue weighted by Gasteiger charge is 2.31. The van der Waals surface area contributed by atoms with Crippen LogP contribution in [0, 0.1) is 11.7 Å². The zero-order chi connectivity index (χ0) is 21.6. The molecule has 0 radical (unpaired) electrons. The minimum atomic E-state index is -0.219. The van der Waals surface area contributed by atoms with Crippen molar-refractivity contribution in [3.8, 4) is 0 Å². The maximum atomic E-state index is 13.6. The van der Waals surface area contributed by atoms with Crippen molar-refractivity contribution in [2.24, 2.45) is 10.9 Å². The molecule has 174 valence electrons. The number of rotatable bonds is 7. The summed E-state index contributed by atoms with van der Waals surface area (Å²) in [6.07, 6.45) is 3.35. The van der Waals surface area contributed by atoms with Crippen LogP contribution >= 0.6 is 24.0 Å². The van der Waals surface area contributed by atoms with Crippen molar-refractivity contribution in [3.05, 3.63) is 35.6 Å². The van der Waals surface area contributed by atoms with Gasteiger partial charge in [-0.3, -0.25) is 14.7 Å². The normalized spacial score (nSPS) is 18.2. The van der Waals surface area contributed by atoms with E-state index < -0.39 is 0 Å². The van der Waals surface area contributed by atoms with Crippen molar-refractivity contribution in [2.75, 3.05) is 52.9 Å². The molecule has 3 rings (SSSR count). The molecule has 0 atom stereocenters. The van der Waals surface area contributed by atoms with E-state index in [4.69, 9.17) is 0 Å². The van der Waals surface area contributed by atoms with Crippen LogP contribution in [0.5, 0.6) is 0 Å². The Bertz CT molecular complexity index is 745. The van der Waals surface area contributed by atoms with Crippen molar-refractivity contribution in [3.63, 3.8) is 0 Å². The van der Waals surface area contributed by atoms with Crippen LogP contribution in [-0.2, 0) is 10.2 Å². The Labute approximate surface area is 203 Å². The average molecular weight is 545 g/mol. The van der Waals surface area contributed by atoms with Gasteiger partial charge in [-0.2, -0.15) is 0 Å². The number of halogens is 2. The summed E-state index contributed by atoms with van der Waals surface area (Å²) >= 11 is 0. The van der Waals surface area contributed by atoms with Crippen LogP contribution in [0.2, 0.25) is 0 Å². The molecule has 1 saturated carbocycles. The second kappa shape index (κ2) is 12.0. The molecule has 0 spiro atoms. The fourth-order valence-corrected chi connectivity index (χ4v) is 3.97. The smallest absolute Gasteiger partial charge is 0.225 e. The van der Waals surface area contributed by atoms with Gasteiger partial charge in [0.2, 0.25) is 5.91 Å². The van der Waals surface area contributed by atoms with Gasteiger partial charge in [-0.25, -0.2) is 4.39 Å². The Kier molecular flexibility index (Phi) is 9.99. The first-order valence-electron chi connectivity index (χ1n) is 11.1. The lowest BCUT2D eigenvalue weighted by atomic mass is 9.84. The summed E-state index contributed by atoms with van der Waals surface area (Å²) in [5.41, 5.74) is 0.739. The van der Waals surface area contributed by atoms with Gasteiger partial charge < -0.3 is 15.5 Å². The highest BCUT2D eigenvalue weighted by Crippen LogP contribution is 2.28. The number of hydrogen-bond donors (Lipinski definition) is 2. The molecule has 2 fully saturated rings. The molecule has 1 aliphatic carbocycles. The highest BCUT2D eigenvalue weighted by atomic mass is 127. The molecule has 1 heterocycles. The summed E-state index contributed by atoms with van der Waals surface area (Å²) < 4.78 is 13.6. The van der Waals surface area contributed by atoms with Gasteiger partial charge in [-0.15, -0.1) is 24.0 Å². The molecule has 0 bridgehead atoms. The van der Waals surface area contributed by atoms with Crippen molar-refractivity contribution < 1.29 is 9.18 Å². The fraction of sp³-hybridized carbons (Fsp3) is 0.652. The Morgan fingerprint density at radius 3 is 2.48 bits per heavy atom. The van der Waals surface area contributed by atoms with Crippen molar-refractivity contribution >= 4 is 35.8 Å². The lowest BCUT2D eigenvalue weighted by molar-refractivity contribution is -0.139. The third kappa shape index (κ3) is 7.30. The molecule has 1 aromatic rings. The Hall–Kier alpha value is -1.42. The zero-order valence-corrected chi connectivity index (χ0v) is 21.3. The Morgan fingerprint density at radius 2 is 1.90 bits per heavy atom. The number of piperazine rings is 1. The second-order valence-corrected chi connectivity index (χ2v) is 9.04. The van der Waals surface area contributed by atoms with Gasteiger partial charge in [0, 0.05) is 64.2 Å². The number of guanidine groups is 1. The summed E-state index contributed by atoms with van der Waals surface area (Å²) in [7, 11) is 1.76. The minimum Gasteiger partial charge on any atom is -0.356 e. The van der Waals surface area contributed by atoms with E-state index in [-0.39, 0.29) is 35.2 Å². The fourth-order valence-electron chi connectivity index (χ4n) is 3.97. The summed E-state index contributed by atoms with van der Waals surface area (Å²) in [5, 5.41) is 6.72. The van der Waals surface area contributed by atoms with Crippen molar-refractivity contribution in [1.82, 2.24) is 20.4 Å². The molecule has 8 heteroatoms. The monoisotopic (exact) mass is 545 g/mol. The summed E-state index contributed by atoms with van der Waals surface area (Å²) in [4.78, 5) is 21.1. The molecule has 1 aliphatic heterocycles. The molecule has 1 aromatic carbocycles. The van der Waals surface area contributed by atoms with Crippen LogP contribution in [0.1, 0.15) is 38.7 Å². The van der Waals surface area contributed by atoms with E-state index in [1.54, 1.807) is 19.2 Å². The lowest BCUT2D eigenvalue weighted by Crippen LogP contribution is -2.52. The maximum Gasteiger partial charge on any atom is 0.225 e. The van der Waals surface area contributed by atoms with Gasteiger partial charge in [-0.1, -0.05) is 32.4 Å². The molecule has 0 aromatic heterocycles. The number of carbonyl (C=O) groups excluding carboxylic acids is 1. The molecule has 0 unspecified atom stereocenters. The van der Waals surface area contributed by atoms with Crippen LogP contribution < -0.4 is 10.6 Å². The first-order chi connectivity index (χ1) is 14.4. The van der Waals surface area contributed by atoms with E-state index in [1.165, 1.54) is 12.5 Å². The zero-order valence-electron chi connectivity index (χ0n) is 19.0. The first kappa shape index (κ1) is 25.8. The number of carbonyl (C=O) groups is 1. The minimum absolute atomic E-state index is 0. The van der Waals surface area contributed by atoms with Gasteiger partial charge >= 0.3 is 0 Å². The summed E-state index contributed by atoms with van der Waals surface area (Å²) in [5.74, 6) is 1.20. The first-order valence-corrected chi connectivity index (χ1v) is 11.1. The van der Waals surface area contributed by atoms with E-state index in [0.717, 1.165) is 63.6 Å². The number of amides is 1. The highest BCUT2D eigenvalue weighted by molar-refractivity contribution is 14.0. The standard InChI is InChI=1S/C23H36FN5O.HI/c1-23(2,19-8-5-9-20(24)16-19)17-27-22(25-3)26-10-11-28-12-14-29(15-13-28)21(30)18-6-4-7-18;/h5,8-9,16,18H,4,6-7,10-15,17H2,1-3H3,(H2,25,26,27);1H. The number of aliphatic imine (C=N–C) groups is 1. The van der Waals surface area contributed by atoms with Crippen LogP contribution in [0.15, 0.2) is 29.3 Å². The third-order valence-corrected chi connectivity index (χ3v) is 6.39. The Balaban J connectivity index is 0.00000341. The van der Waals surface area contributed by atoms with E-state index in [9.17, 15) is 9.18 Å². The van der Waals surface area contributed by atoms with Crippen molar-refractivity contribution in [1.29, 1.82) is 0 Å². The SMILES string of the molecule is CN=C(NCCN1CCN(C(=O)C2CCC2)CC1)NCC(C)(C)c1cccc(F)c1.I. The van der Waals surface area contributed by atoms with E-state index in [0.29, 0.717) is 18.4 Å². The molecule has 2 N–H and O–H groups in total. The predicted octanol–water partition coefficient (Wildman–Crippen LogP) is 2.83. The third-order valence-electron chi connectivity index (χ3n) is 6.39. The van der Waals surface area contributed by atoms with Crippen LogP contribution in [-0.4, -0.2) is 74.5 Å².